The lowest BCUT2D eigenvalue weighted by Gasteiger charge is -2.00. The molecule has 0 amide bonds. The van der Waals surface area contributed by atoms with Crippen molar-refractivity contribution in [1.82, 2.24) is 14.8 Å². The van der Waals surface area contributed by atoms with Gasteiger partial charge in [-0.25, -0.2) is 4.98 Å². The molecule has 1 N–H and O–H groups in total. The van der Waals surface area contributed by atoms with Crippen molar-refractivity contribution >= 4 is 17.3 Å². The summed E-state index contributed by atoms with van der Waals surface area (Å²) in [5.41, 5.74) is -0.0356. The van der Waals surface area contributed by atoms with Crippen molar-refractivity contribution in [2.45, 2.75) is 0 Å². The second-order valence-corrected chi connectivity index (χ2v) is 3.16. The van der Waals surface area contributed by atoms with E-state index in [0.29, 0.717) is 11.6 Å². The second kappa shape index (κ2) is 3.97. The molecule has 2 aromatic rings. The molecule has 0 spiro atoms. The van der Waals surface area contributed by atoms with E-state index < -0.39 is 4.92 Å². The van der Waals surface area contributed by atoms with Gasteiger partial charge in [0.1, 0.15) is 12.0 Å². The molecule has 82 valence electrons. The first-order valence-electron chi connectivity index (χ1n) is 4.52. The standard InChI is InChI=1S/C9H9N5O2/c1-13-5-4-9(12-13)11-8-3-2-7(6-10-8)14(15)16/h2-6H,1H3,(H,10,11,12). The number of rotatable bonds is 3. The molecular weight excluding hydrogens is 210 g/mol. The monoisotopic (exact) mass is 219 g/mol. The average molecular weight is 219 g/mol. The van der Waals surface area contributed by atoms with E-state index in [9.17, 15) is 10.1 Å². The molecule has 0 bridgehead atoms. The van der Waals surface area contributed by atoms with E-state index in [1.54, 1.807) is 24.0 Å². The summed E-state index contributed by atoms with van der Waals surface area (Å²) in [7, 11) is 1.80. The molecule has 2 aromatic heterocycles. The van der Waals surface area contributed by atoms with Gasteiger partial charge in [0.15, 0.2) is 5.82 Å². The summed E-state index contributed by atoms with van der Waals surface area (Å²) in [4.78, 5) is 13.8. The van der Waals surface area contributed by atoms with Crippen molar-refractivity contribution in [3.05, 3.63) is 40.7 Å². The summed E-state index contributed by atoms with van der Waals surface area (Å²) in [5.74, 6) is 1.16. The first-order valence-corrected chi connectivity index (χ1v) is 4.52. The fraction of sp³-hybridized carbons (Fsp3) is 0.111. The van der Waals surface area contributed by atoms with Crippen molar-refractivity contribution in [2.75, 3.05) is 5.32 Å². The number of nitrogens with one attached hydrogen (secondary N) is 1. The summed E-state index contributed by atoms with van der Waals surface area (Å²) in [5, 5.41) is 17.4. The van der Waals surface area contributed by atoms with Crippen molar-refractivity contribution in [2.24, 2.45) is 7.05 Å². The molecule has 0 radical (unpaired) electrons. The highest BCUT2D eigenvalue weighted by atomic mass is 16.6. The highest BCUT2D eigenvalue weighted by Crippen LogP contribution is 2.15. The van der Waals surface area contributed by atoms with Gasteiger partial charge in [-0.3, -0.25) is 14.8 Å². The highest BCUT2D eigenvalue weighted by Gasteiger charge is 2.05. The number of hydrogen-bond acceptors (Lipinski definition) is 5. The topological polar surface area (TPSA) is 85.9 Å². The lowest BCUT2D eigenvalue weighted by atomic mass is 10.4. The Hall–Kier alpha value is -2.44. The summed E-state index contributed by atoms with van der Waals surface area (Å²) in [6.45, 7) is 0. The van der Waals surface area contributed by atoms with Crippen LogP contribution in [0, 0.1) is 10.1 Å². The highest BCUT2D eigenvalue weighted by molar-refractivity contribution is 5.52. The number of nitrogens with zero attached hydrogens (tertiary/aromatic N) is 4. The van der Waals surface area contributed by atoms with Crippen LogP contribution in [-0.4, -0.2) is 19.7 Å². The molecular formula is C9H9N5O2. The Morgan fingerprint density at radius 2 is 2.19 bits per heavy atom. The van der Waals surface area contributed by atoms with Crippen molar-refractivity contribution < 1.29 is 4.92 Å². The average Bonchev–Trinajstić information content (AvgIpc) is 2.65. The van der Waals surface area contributed by atoms with Gasteiger partial charge in [0.25, 0.3) is 5.69 Å². The van der Waals surface area contributed by atoms with Gasteiger partial charge >= 0.3 is 0 Å². The Bertz CT molecular complexity index is 505. The maximum absolute atomic E-state index is 10.4. The Labute approximate surface area is 90.9 Å². The van der Waals surface area contributed by atoms with Crippen LogP contribution in [0.5, 0.6) is 0 Å². The number of anilines is 2. The second-order valence-electron chi connectivity index (χ2n) is 3.16. The third-order valence-corrected chi connectivity index (χ3v) is 1.93. The van der Waals surface area contributed by atoms with E-state index in [1.165, 1.54) is 18.3 Å². The first kappa shape index (κ1) is 10.1. The molecule has 0 atom stereocenters. The SMILES string of the molecule is Cn1ccc(Nc2ccc([N+](=O)[O-])cn2)n1. The summed E-state index contributed by atoms with van der Waals surface area (Å²) in [6.07, 6.45) is 2.99. The third-order valence-electron chi connectivity index (χ3n) is 1.93. The molecule has 0 aliphatic rings. The van der Waals surface area contributed by atoms with Crippen molar-refractivity contribution in [3.63, 3.8) is 0 Å². The molecule has 16 heavy (non-hydrogen) atoms. The number of aryl methyl sites for hydroxylation is 1. The van der Waals surface area contributed by atoms with E-state index in [2.05, 4.69) is 15.4 Å². The summed E-state index contributed by atoms with van der Waals surface area (Å²) < 4.78 is 1.65. The van der Waals surface area contributed by atoms with Crippen LogP contribution in [0.2, 0.25) is 0 Å². The van der Waals surface area contributed by atoms with E-state index >= 15 is 0 Å². The Kier molecular flexibility index (Phi) is 2.50. The van der Waals surface area contributed by atoms with Crippen molar-refractivity contribution in [3.8, 4) is 0 Å². The zero-order valence-corrected chi connectivity index (χ0v) is 8.49. The minimum absolute atomic E-state index is 0.0356. The molecule has 0 saturated heterocycles. The van der Waals surface area contributed by atoms with E-state index in [4.69, 9.17) is 0 Å². The zero-order chi connectivity index (χ0) is 11.5. The van der Waals surface area contributed by atoms with Crippen LogP contribution in [0.25, 0.3) is 0 Å². The zero-order valence-electron chi connectivity index (χ0n) is 8.49. The van der Waals surface area contributed by atoms with Gasteiger partial charge in [0, 0.05) is 25.4 Å². The van der Waals surface area contributed by atoms with Crippen LogP contribution in [0.4, 0.5) is 17.3 Å². The predicted octanol–water partition coefficient (Wildman–Crippen LogP) is 1.47. The minimum atomic E-state index is -0.489. The lowest BCUT2D eigenvalue weighted by Crippen LogP contribution is -1.96. The quantitative estimate of drug-likeness (QED) is 0.624. The van der Waals surface area contributed by atoms with Gasteiger partial charge in [0.2, 0.25) is 0 Å². The normalized spacial score (nSPS) is 10.1. The van der Waals surface area contributed by atoms with Crippen LogP contribution in [0.3, 0.4) is 0 Å². The fourth-order valence-electron chi connectivity index (χ4n) is 1.18. The molecule has 2 heterocycles. The molecule has 7 nitrogen and oxygen atoms in total. The smallest absolute Gasteiger partial charge is 0.287 e. The van der Waals surface area contributed by atoms with E-state index in [1.807, 2.05) is 0 Å². The van der Waals surface area contributed by atoms with Crippen LogP contribution in [0.1, 0.15) is 0 Å². The first-order chi connectivity index (χ1) is 7.65. The van der Waals surface area contributed by atoms with Gasteiger partial charge in [-0.2, -0.15) is 5.10 Å². The van der Waals surface area contributed by atoms with Gasteiger partial charge in [-0.1, -0.05) is 0 Å². The largest absolute Gasteiger partial charge is 0.323 e. The molecule has 0 fully saturated rings. The van der Waals surface area contributed by atoms with E-state index in [0.717, 1.165) is 0 Å². The van der Waals surface area contributed by atoms with Crippen LogP contribution < -0.4 is 5.32 Å². The Morgan fingerprint density at radius 3 is 2.69 bits per heavy atom. The van der Waals surface area contributed by atoms with Gasteiger partial charge in [-0.15, -0.1) is 0 Å². The predicted molar refractivity (Wildman–Crippen MR) is 57.4 cm³/mol. The maximum Gasteiger partial charge on any atom is 0.287 e. The van der Waals surface area contributed by atoms with E-state index in [-0.39, 0.29) is 5.69 Å². The van der Waals surface area contributed by atoms with Gasteiger partial charge in [0.05, 0.1) is 4.92 Å². The fourth-order valence-corrected chi connectivity index (χ4v) is 1.18. The molecule has 0 aliphatic heterocycles. The summed E-state index contributed by atoms with van der Waals surface area (Å²) in [6, 6.07) is 4.70. The Balaban J connectivity index is 2.14. The molecule has 0 saturated carbocycles. The Morgan fingerprint density at radius 1 is 1.38 bits per heavy atom. The lowest BCUT2D eigenvalue weighted by molar-refractivity contribution is -0.385. The number of pyridine rings is 1. The maximum atomic E-state index is 10.4. The molecule has 0 aliphatic carbocycles. The number of hydrogen-bond donors (Lipinski definition) is 1. The third kappa shape index (κ3) is 2.14. The van der Waals surface area contributed by atoms with Crippen molar-refractivity contribution in [1.29, 1.82) is 0 Å². The number of aromatic nitrogens is 3. The summed E-state index contributed by atoms with van der Waals surface area (Å²) >= 11 is 0. The van der Waals surface area contributed by atoms with Crippen LogP contribution >= 0.6 is 0 Å². The minimum Gasteiger partial charge on any atom is -0.323 e. The van der Waals surface area contributed by atoms with Gasteiger partial charge in [-0.05, 0) is 6.07 Å². The molecule has 0 aromatic carbocycles. The molecule has 2 rings (SSSR count). The number of nitro groups is 1. The van der Waals surface area contributed by atoms with Crippen LogP contribution in [0.15, 0.2) is 30.6 Å². The molecule has 0 unspecified atom stereocenters. The van der Waals surface area contributed by atoms with Gasteiger partial charge < -0.3 is 5.32 Å². The molecule has 7 heteroatoms. The van der Waals surface area contributed by atoms with Crippen LogP contribution in [-0.2, 0) is 7.05 Å².